The Hall–Kier alpha value is -1.53. The first-order valence-corrected chi connectivity index (χ1v) is 6.38. The number of carbonyl (C=O) groups excluding carboxylic acids is 1. The molecule has 1 aliphatic heterocycles. The van der Waals surface area contributed by atoms with Crippen LogP contribution in [0.5, 0.6) is 0 Å². The molecule has 2 rings (SSSR count). The van der Waals surface area contributed by atoms with Gasteiger partial charge in [0.1, 0.15) is 0 Å². The number of nitrogens with zero attached hydrogens (tertiary/aromatic N) is 2. The van der Waals surface area contributed by atoms with Gasteiger partial charge in [0, 0.05) is 25.5 Å². The summed E-state index contributed by atoms with van der Waals surface area (Å²) in [6.07, 6.45) is 6.91. The number of aromatic nitrogens is 2. The van der Waals surface area contributed by atoms with E-state index in [1.165, 1.54) is 7.11 Å². The highest BCUT2D eigenvalue weighted by atomic mass is 16.5. The molecule has 2 unspecified atom stereocenters. The fourth-order valence-corrected chi connectivity index (χ4v) is 2.15. The molecule has 1 aliphatic rings. The largest absolute Gasteiger partial charge is 0.467 e. The number of rotatable bonds is 5. The fraction of sp³-hybridized carbons (Fsp3) is 0.615. The summed E-state index contributed by atoms with van der Waals surface area (Å²) in [5.74, 6) is -0.383. The molecule has 0 amide bonds. The lowest BCUT2D eigenvalue weighted by Gasteiger charge is -2.28. The Bertz CT molecular complexity index is 420. The second kappa shape index (κ2) is 6.08. The van der Waals surface area contributed by atoms with Crippen LogP contribution >= 0.6 is 0 Å². The molecule has 6 heteroatoms. The standard InChI is InChI=1S/C13H19N3O3/c1-13(12(17)18-2,11-9-14-5-6-15-11)16-8-10-4-3-7-19-10/h5-6,9-10,16H,3-4,7-8H2,1-2H3. The van der Waals surface area contributed by atoms with Gasteiger partial charge in [0.05, 0.1) is 25.1 Å². The van der Waals surface area contributed by atoms with E-state index in [1.54, 1.807) is 25.5 Å². The third kappa shape index (κ3) is 3.08. The minimum atomic E-state index is -1.00. The van der Waals surface area contributed by atoms with Crippen LogP contribution in [0.2, 0.25) is 0 Å². The summed E-state index contributed by atoms with van der Waals surface area (Å²) >= 11 is 0. The van der Waals surface area contributed by atoms with Gasteiger partial charge in [-0.3, -0.25) is 15.3 Å². The van der Waals surface area contributed by atoms with E-state index >= 15 is 0 Å². The lowest BCUT2D eigenvalue weighted by Crippen LogP contribution is -2.50. The van der Waals surface area contributed by atoms with E-state index in [1.807, 2.05) is 0 Å². The monoisotopic (exact) mass is 265 g/mol. The van der Waals surface area contributed by atoms with Crippen LogP contribution in [0, 0.1) is 0 Å². The van der Waals surface area contributed by atoms with Crippen LogP contribution in [-0.4, -0.2) is 42.3 Å². The van der Waals surface area contributed by atoms with E-state index in [-0.39, 0.29) is 12.1 Å². The number of ether oxygens (including phenoxy) is 2. The lowest BCUT2D eigenvalue weighted by atomic mass is 9.97. The molecule has 0 aliphatic carbocycles. The zero-order chi connectivity index (χ0) is 13.7. The molecule has 1 fully saturated rings. The Morgan fingerprint density at radius 2 is 2.47 bits per heavy atom. The van der Waals surface area contributed by atoms with E-state index in [9.17, 15) is 4.79 Å². The Labute approximate surface area is 112 Å². The van der Waals surface area contributed by atoms with Gasteiger partial charge >= 0.3 is 5.97 Å². The molecule has 0 spiro atoms. The molecule has 2 atom stereocenters. The molecule has 104 valence electrons. The van der Waals surface area contributed by atoms with Crippen molar-refractivity contribution < 1.29 is 14.3 Å². The molecule has 0 radical (unpaired) electrons. The average Bonchev–Trinajstić information content (AvgIpc) is 2.98. The Morgan fingerprint density at radius 3 is 3.05 bits per heavy atom. The number of nitrogens with one attached hydrogen (secondary N) is 1. The summed E-state index contributed by atoms with van der Waals surface area (Å²) in [4.78, 5) is 20.2. The molecule has 6 nitrogen and oxygen atoms in total. The maximum Gasteiger partial charge on any atom is 0.332 e. The molecule has 1 aromatic rings. The summed E-state index contributed by atoms with van der Waals surface area (Å²) in [5.41, 5.74) is -0.463. The number of methoxy groups -OCH3 is 1. The minimum Gasteiger partial charge on any atom is -0.467 e. The molecule has 1 aromatic heterocycles. The topological polar surface area (TPSA) is 73.3 Å². The highest BCUT2D eigenvalue weighted by Crippen LogP contribution is 2.21. The Kier molecular flexibility index (Phi) is 4.44. The molecule has 1 N–H and O–H groups in total. The van der Waals surface area contributed by atoms with Crippen molar-refractivity contribution in [3.05, 3.63) is 24.3 Å². The van der Waals surface area contributed by atoms with Crippen molar-refractivity contribution in [3.63, 3.8) is 0 Å². The molecule has 0 saturated carbocycles. The quantitative estimate of drug-likeness (QED) is 0.787. The molecule has 19 heavy (non-hydrogen) atoms. The first-order chi connectivity index (χ1) is 9.16. The van der Waals surface area contributed by atoms with E-state index in [4.69, 9.17) is 9.47 Å². The maximum absolute atomic E-state index is 12.0. The highest BCUT2D eigenvalue weighted by molar-refractivity contribution is 5.81. The van der Waals surface area contributed by atoms with Crippen LogP contribution in [0.4, 0.5) is 0 Å². The molecule has 0 bridgehead atoms. The molecule has 1 saturated heterocycles. The van der Waals surface area contributed by atoms with Crippen molar-refractivity contribution in [1.29, 1.82) is 0 Å². The van der Waals surface area contributed by atoms with Crippen molar-refractivity contribution in [3.8, 4) is 0 Å². The van der Waals surface area contributed by atoms with E-state index in [0.29, 0.717) is 12.2 Å². The SMILES string of the molecule is COC(=O)C(C)(NCC1CCCO1)c1cnccn1. The van der Waals surface area contributed by atoms with E-state index < -0.39 is 5.54 Å². The first-order valence-electron chi connectivity index (χ1n) is 6.38. The summed E-state index contributed by atoms with van der Waals surface area (Å²) in [6, 6.07) is 0. The summed E-state index contributed by atoms with van der Waals surface area (Å²) in [6.45, 7) is 3.12. The minimum absolute atomic E-state index is 0.139. The van der Waals surface area contributed by atoms with Crippen LogP contribution in [0.25, 0.3) is 0 Å². The summed E-state index contributed by atoms with van der Waals surface area (Å²) < 4.78 is 10.4. The van der Waals surface area contributed by atoms with Crippen LogP contribution < -0.4 is 5.32 Å². The van der Waals surface area contributed by atoms with Gasteiger partial charge in [0.25, 0.3) is 0 Å². The van der Waals surface area contributed by atoms with Gasteiger partial charge in [0.2, 0.25) is 0 Å². The van der Waals surface area contributed by atoms with E-state index in [2.05, 4.69) is 15.3 Å². The Morgan fingerprint density at radius 1 is 1.63 bits per heavy atom. The number of esters is 1. The third-order valence-corrected chi connectivity index (χ3v) is 3.38. The van der Waals surface area contributed by atoms with Gasteiger partial charge in [-0.2, -0.15) is 0 Å². The zero-order valence-corrected chi connectivity index (χ0v) is 11.3. The Balaban J connectivity index is 2.12. The van der Waals surface area contributed by atoms with Crippen molar-refractivity contribution >= 4 is 5.97 Å². The van der Waals surface area contributed by atoms with Crippen molar-refractivity contribution in [1.82, 2.24) is 15.3 Å². The smallest absolute Gasteiger partial charge is 0.332 e. The first kappa shape index (κ1) is 13.9. The van der Waals surface area contributed by atoms with Crippen LogP contribution in [0.1, 0.15) is 25.5 Å². The third-order valence-electron chi connectivity index (χ3n) is 3.38. The summed E-state index contributed by atoms with van der Waals surface area (Å²) in [7, 11) is 1.37. The average molecular weight is 265 g/mol. The van der Waals surface area contributed by atoms with Crippen LogP contribution in [0.3, 0.4) is 0 Å². The highest BCUT2D eigenvalue weighted by Gasteiger charge is 2.38. The molecular formula is C13H19N3O3. The molecule has 2 heterocycles. The number of hydrogen-bond acceptors (Lipinski definition) is 6. The van der Waals surface area contributed by atoms with Crippen LogP contribution in [0.15, 0.2) is 18.6 Å². The van der Waals surface area contributed by atoms with E-state index in [0.717, 1.165) is 19.4 Å². The lowest BCUT2D eigenvalue weighted by molar-refractivity contribution is -0.148. The van der Waals surface area contributed by atoms with Gasteiger partial charge < -0.3 is 9.47 Å². The van der Waals surface area contributed by atoms with Crippen LogP contribution in [-0.2, 0) is 19.8 Å². The predicted octanol–water partition coefficient (Wildman–Crippen LogP) is 0.633. The number of carbonyl (C=O) groups is 1. The normalized spacial score (nSPS) is 21.9. The predicted molar refractivity (Wildman–Crippen MR) is 68.4 cm³/mol. The van der Waals surface area contributed by atoms with Crippen molar-refractivity contribution in [2.45, 2.75) is 31.4 Å². The van der Waals surface area contributed by atoms with Gasteiger partial charge in [-0.15, -0.1) is 0 Å². The summed E-state index contributed by atoms with van der Waals surface area (Å²) in [5, 5.41) is 3.20. The van der Waals surface area contributed by atoms with Gasteiger partial charge in [-0.25, -0.2) is 4.79 Å². The maximum atomic E-state index is 12.0. The van der Waals surface area contributed by atoms with Gasteiger partial charge in [0.15, 0.2) is 5.54 Å². The fourth-order valence-electron chi connectivity index (χ4n) is 2.15. The second-order valence-corrected chi connectivity index (χ2v) is 4.72. The van der Waals surface area contributed by atoms with Gasteiger partial charge in [-0.1, -0.05) is 0 Å². The molecule has 0 aromatic carbocycles. The van der Waals surface area contributed by atoms with Crippen molar-refractivity contribution in [2.75, 3.05) is 20.3 Å². The second-order valence-electron chi connectivity index (χ2n) is 4.72. The zero-order valence-electron chi connectivity index (χ0n) is 11.3. The van der Waals surface area contributed by atoms with Crippen molar-refractivity contribution in [2.24, 2.45) is 0 Å². The number of hydrogen-bond donors (Lipinski definition) is 1. The molecular weight excluding hydrogens is 246 g/mol. The van der Waals surface area contributed by atoms with Gasteiger partial charge in [-0.05, 0) is 19.8 Å².